The lowest BCUT2D eigenvalue weighted by Gasteiger charge is -2.40. The Kier molecular flexibility index (Phi) is 9.46. The van der Waals surface area contributed by atoms with Crippen LogP contribution in [-0.2, 0) is 4.74 Å². The van der Waals surface area contributed by atoms with Crippen molar-refractivity contribution in [3.05, 3.63) is 24.3 Å². The number of hydrogen-bond donors (Lipinski definition) is 1. The predicted octanol–water partition coefficient (Wildman–Crippen LogP) is 5.21. The number of anilines is 1. The van der Waals surface area contributed by atoms with Crippen LogP contribution in [0.4, 0.5) is 10.5 Å². The Morgan fingerprint density at radius 1 is 1.04 bits per heavy atom. The van der Waals surface area contributed by atoms with Gasteiger partial charge < -0.3 is 14.0 Å². The Balaban J connectivity index is 1.76. The van der Waals surface area contributed by atoms with Crippen molar-refractivity contribution in [2.45, 2.75) is 58.8 Å². The van der Waals surface area contributed by atoms with E-state index in [9.17, 15) is 4.79 Å². The summed E-state index contributed by atoms with van der Waals surface area (Å²) in [5.41, 5.74) is 0.676. The number of carbonyl (C=O) groups excluding carboxylic acids is 1. The van der Waals surface area contributed by atoms with E-state index < -0.39 is 6.09 Å². The molecule has 5 nitrogen and oxygen atoms in total. The van der Waals surface area contributed by atoms with E-state index in [1.165, 1.54) is 51.6 Å². The number of unbranched alkanes of at least 4 members (excludes halogenated alkanes) is 3. The van der Waals surface area contributed by atoms with Crippen LogP contribution < -0.4 is 10.1 Å². The van der Waals surface area contributed by atoms with Gasteiger partial charge in [0, 0.05) is 0 Å². The quantitative estimate of drug-likeness (QED) is 0.425. The molecule has 0 saturated carbocycles. The number of likely N-dealkylation sites (tertiary alicyclic amines) is 1. The highest BCUT2D eigenvalue weighted by atomic mass is 16.5. The molecule has 1 aromatic carbocycles. The highest BCUT2D eigenvalue weighted by Gasteiger charge is 2.28. The van der Waals surface area contributed by atoms with Crippen molar-refractivity contribution in [3.8, 4) is 5.75 Å². The number of likely N-dealkylation sites (N-methyl/N-ethyl adjacent to an activating group) is 1. The van der Waals surface area contributed by atoms with Gasteiger partial charge in [-0.3, -0.25) is 5.32 Å². The van der Waals surface area contributed by atoms with Crippen molar-refractivity contribution in [3.63, 3.8) is 0 Å². The van der Waals surface area contributed by atoms with E-state index in [0.29, 0.717) is 24.7 Å². The molecule has 0 spiro atoms. The molecule has 1 fully saturated rings. The number of ether oxygens (including phenoxy) is 2. The maximum Gasteiger partial charge on any atom is 0.411 e. The monoisotopic (exact) mass is 377 g/mol. The molecule has 1 aromatic rings. The lowest BCUT2D eigenvalue weighted by molar-refractivity contribution is -0.930. The van der Waals surface area contributed by atoms with Crippen molar-refractivity contribution in [2.24, 2.45) is 0 Å². The highest BCUT2D eigenvalue weighted by molar-refractivity contribution is 5.86. The van der Waals surface area contributed by atoms with Gasteiger partial charge >= 0.3 is 6.09 Å². The third kappa shape index (κ3) is 7.41. The van der Waals surface area contributed by atoms with Gasteiger partial charge in [-0.25, -0.2) is 4.79 Å². The number of nitrogens with zero attached hydrogens (tertiary/aromatic N) is 1. The highest BCUT2D eigenvalue weighted by Crippen LogP contribution is 2.24. The van der Waals surface area contributed by atoms with Crippen LogP contribution in [0.2, 0.25) is 0 Å². The SMILES string of the molecule is CCCCCCOc1ccccc1NC(=O)OCC[N+]1(CC)CCCCC1. The Labute approximate surface area is 164 Å². The first kappa shape index (κ1) is 21.5. The number of quaternary nitrogens is 1. The molecule has 152 valence electrons. The molecule has 1 heterocycles. The summed E-state index contributed by atoms with van der Waals surface area (Å²) in [5.74, 6) is 0.707. The van der Waals surface area contributed by atoms with Crippen LogP contribution in [0.25, 0.3) is 0 Å². The van der Waals surface area contributed by atoms with Crippen molar-refractivity contribution >= 4 is 11.8 Å². The van der Waals surface area contributed by atoms with Gasteiger partial charge in [-0.05, 0) is 44.7 Å². The fraction of sp³-hybridized carbons (Fsp3) is 0.682. The summed E-state index contributed by atoms with van der Waals surface area (Å²) >= 11 is 0. The van der Waals surface area contributed by atoms with Gasteiger partial charge in [0.1, 0.15) is 18.9 Å². The summed E-state index contributed by atoms with van der Waals surface area (Å²) in [6.07, 6.45) is 8.14. The van der Waals surface area contributed by atoms with Crippen molar-refractivity contribution < 1.29 is 18.8 Å². The molecule has 1 aliphatic heterocycles. The molecule has 27 heavy (non-hydrogen) atoms. The second kappa shape index (κ2) is 11.9. The third-order valence-corrected chi connectivity index (χ3v) is 5.61. The first-order valence-corrected chi connectivity index (χ1v) is 10.7. The number of amides is 1. The van der Waals surface area contributed by atoms with Crippen LogP contribution in [0.5, 0.6) is 5.75 Å². The zero-order valence-electron chi connectivity index (χ0n) is 17.2. The maximum absolute atomic E-state index is 12.2. The summed E-state index contributed by atoms with van der Waals surface area (Å²) in [6, 6.07) is 7.56. The smallest absolute Gasteiger partial charge is 0.411 e. The first-order valence-electron chi connectivity index (χ1n) is 10.7. The standard InChI is InChI=1S/C22H36N2O3/c1-3-5-6-12-18-26-21-14-9-8-13-20(21)23-22(25)27-19-17-24(4-2)15-10-7-11-16-24/h8-9,13-14H,3-7,10-12,15-19H2,1-2H3/p+1. The summed E-state index contributed by atoms with van der Waals surface area (Å²) in [7, 11) is 0. The third-order valence-electron chi connectivity index (χ3n) is 5.61. The van der Waals surface area contributed by atoms with Gasteiger partial charge in [-0.15, -0.1) is 0 Å². The molecule has 0 bridgehead atoms. The van der Waals surface area contributed by atoms with Crippen LogP contribution >= 0.6 is 0 Å². The van der Waals surface area contributed by atoms with E-state index >= 15 is 0 Å². The van der Waals surface area contributed by atoms with E-state index in [0.717, 1.165) is 24.0 Å². The normalized spacial score (nSPS) is 15.9. The maximum atomic E-state index is 12.2. The molecule has 0 unspecified atom stereocenters. The summed E-state index contributed by atoms with van der Waals surface area (Å²) in [4.78, 5) is 12.2. The fourth-order valence-electron chi connectivity index (χ4n) is 3.77. The summed E-state index contributed by atoms with van der Waals surface area (Å²) in [6.45, 7) is 9.98. The molecule has 0 radical (unpaired) electrons. The Bertz CT molecular complexity index is 556. The van der Waals surface area contributed by atoms with Gasteiger partial charge in [0.05, 0.1) is 31.9 Å². The van der Waals surface area contributed by atoms with Gasteiger partial charge in [-0.1, -0.05) is 38.3 Å². The predicted molar refractivity (Wildman–Crippen MR) is 110 cm³/mol. The van der Waals surface area contributed by atoms with Gasteiger partial charge in [-0.2, -0.15) is 0 Å². The molecule has 1 saturated heterocycles. The number of benzene rings is 1. The minimum Gasteiger partial charge on any atom is -0.491 e. The summed E-state index contributed by atoms with van der Waals surface area (Å²) in [5, 5.41) is 2.84. The Hall–Kier alpha value is -1.75. The summed E-state index contributed by atoms with van der Waals surface area (Å²) < 4.78 is 12.4. The lowest BCUT2D eigenvalue weighted by atomic mass is 10.1. The van der Waals surface area contributed by atoms with Crippen LogP contribution in [-0.4, -0.2) is 50.0 Å². The molecule has 2 rings (SSSR count). The Morgan fingerprint density at radius 3 is 2.56 bits per heavy atom. The number of rotatable bonds is 11. The fourth-order valence-corrected chi connectivity index (χ4v) is 3.77. The van der Waals surface area contributed by atoms with E-state index in [4.69, 9.17) is 9.47 Å². The van der Waals surface area contributed by atoms with Crippen molar-refractivity contribution in [2.75, 3.05) is 44.7 Å². The largest absolute Gasteiger partial charge is 0.491 e. The second-order valence-electron chi connectivity index (χ2n) is 7.56. The van der Waals surface area contributed by atoms with E-state index in [1.54, 1.807) is 0 Å². The zero-order valence-corrected chi connectivity index (χ0v) is 17.2. The van der Waals surface area contributed by atoms with Gasteiger partial charge in [0.25, 0.3) is 0 Å². The average Bonchev–Trinajstić information content (AvgIpc) is 2.70. The topological polar surface area (TPSA) is 47.6 Å². The minimum atomic E-state index is -0.400. The molecule has 1 amide bonds. The lowest BCUT2D eigenvalue weighted by Crippen LogP contribution is -2.53. The molecular formula is C22H37N2O3+. The molecule has 1 aliphatic rings. The molecule has 5 heteroatoms. The van der Waals surface area contributed by atoms with E-state index in [2.05, 4.69) is 19.2 Å². The number of para-hydroxylation sites is 2. The number of piperidine rings is 1. The van der Waals surface area contributed by atoms with Gasteiger partial charge in [0.2, 0.25) is 0 Å². The van der Waals surface area contributed by atoms with Crippen LogP contribution in [0.1, 0.15) is 58.8 Å². The molecule has 0 aromatic heterocycles. The number of hydrogen-bond acceptors (Lipinski definition) is 3. The van der Waals surface area contributed by atoms with Gasteiger partial charge in [0.15, 0.2) is 0 Å². The molecule has 0 atom stereocenters. The average molecular weight is 378 g/mol. The van der Waals surface area contributed by atoms with E-state index in [1.807, 2.05) is 24.3 Å². The second-order valence-corrected chi connectivity index (χ2v) is 7.56. The molecule has 0 aliphatic carbocycles. The van der Waals surface area contributed by atoms with Crippen molar-refractivity contribution in [1.29, 1.82) is 0 Å². The van der Waals surface area contributed by atoms with Crippen LogP contribution in [0.3, 0.4) is 0 Å². The Morgan fingerprint density at radius 2 is 1.81 bits per heavy atom. The van der Waals surface area contributed by atoms with E-state index in [-0.39, 0.29) is 0 Å². The van der Waals surface area contributed by atoms with Crippen LogP contribution in [0, 0.1) is 0 Å². The van der Waals surface area contributed by atoms with Crippen LogP contribution in [0.15, 0.2) is 24.3 Å². The molecule has 1 N–H and O–H groups in total. The first-order chi connectivity index (χ1) is 13.2. The zero-order chi connectivity index (χ0) is 19.4. The molecular weight excluding hydrogens is 340 g/mol. The number of carbonyl (C=O) groups is 1. The minimum absolute atomic E-state index is 0.400. The number of nitrogens with one attached hydrogen (secondary N) is 1. The van der Waals surface area contributed by atoms with Crippen molar-refractivity contribution in [1.82, 2.24) is 0 Å².